The molecule has 1 heterocycles. The van der Waals surface area contributed by atoms with Crippen LogP contribution in [0.15, 0.2) is 18.2 Å². The number of nitrogens with zero attached hydrogens (tertiary/aromatic N) is 1. The molecule has 1 aliphatic heterocycles. The number of fused-ring (bicyclic) bond motifs is 1. The predicted octanol–water partition coefficient (Wildman–Crippen LogP) is 2.44. The molecule has 3 fully saturated rings. The molecule has 4 rings (SSSR count). The first-order valence-electron chi connectivity index (χ1n) is 12.1. The Morgan fingerprint density at radius 3 is 2.53 bits per heavy atom. The maximum absolute atomic E-state index is 12.5. The molecule has 8 heteroatoms. The minimum Gasteiger partial charge on any atom is -0.497 e. The van der Waals surface area contributed by atoms with Gasteiger partial charge in [-0.1, -0.05) is 6.07 Å². The Kier molecular flexibility index (Phi) is 8.03. The van der Waals surface area contributed by atoms with E-state index in [2.05, 4.69) is 36.2 Å². The molecule has 0 spiro atoms. The summed E-state index contributed by atoms with van der Waals surface area (Å²) in [6.45, 7) is 7.26. The van der Waals surface area contributed by atoms with Gasteiger partial charge in [0.2, 0.25) is 5.91 Å². The second kappa shape index (κ2) is 10.4. The van der Waals surface area contributed by atoms with Gasteiger partial charge in [-0.15, -0.1) is 0 Å². The van der Waals surface area contributed by atoms with Crippen LogP contribution >= 0.6 is 0 Å². The van der Waals surface area contributed by atoms with Gasteiger partial charge in [0.15, 0.2) is 0 Å². The van der Waals surface area contributed by atoms with Gasteiger partial charge in [-0.3, -0.25) is 19.3 Å². The molecule has 3 N–H and O–H groups in total. The standard InChI is InChI=1S/C22H31NO3.C4H7NO3/c1-15-4-7-19(26-3)12-20(15)21-10-11-23(14-17-5-6-17)16(2)22(21,25)9-8-18(24)13-21;1-3(6)5-2-4(7)8/h4,7,12,16-17,25H,5-6,8-11,13-14H2,1-3H3;2H2,1H3,(H,5,6)(H,7,8). The minimum absolute atomic E-state index is 0.0653. The normalized spacial score (nSPS) is 28.9. The van der Waals surface area contributed by atoms with E-state index in [0.717, 1.165) is 42.3 Å². The van der Waals surface area contributed by atoms with Crippen molar-refractivity contribution in [1.82, 2.24) is 10.2 Å². The van der Waals surface area contributed by atoms with Crippen molar-refractivity contribution in [3.63, 3.8) is 0 Å². The SMILES string of the molecule is CC(=O)NCC(=O)O.COc1ccc(C)c(C23CCN(CC4CC4)C(C)C2(O)CCC(=O)C3)c1. The molecule has 188 valence electrons. The number of likely N-dealkylation sites (tertiary alicyclic amines) is 1. The number of methoxy groups -OCH3 is 1. The number of aliphatic hydroxyl groups is 1. The van der Waals surface area contributed by atoms with E-state index in [-0.39, 0.29) is 24.3 Å². The first kappa shape index (κ1) is 26.2. The maximum Gasteiger partial charge on any atom is 0.322 e. The molecular weight excluding hydrogens is 436 g/mol. The summed E-state index contributed by atoms with van der Waals surface area (Å²) in [5.41, 5.74) is 0.873. The van der Waals surface area contributed by atoms with E-state index in [9.17, 15) is 19.5 Å². The van der Waals surface area contributed by atoms with Crippen molar-refractivity contribution in [2.45, 2.75) is 76.4 Å². The van der Waals surface area contributed by atoms with E-state index < -0.39 is 17.0 Å². The zero-order valence-corrected chi connectivity index (χ0v) is 20.7. The second-order valence-corrected chi connectivity index (χ2v) is 10.1. The highest BCUT2D eigenvalue weighted by molar-refractivity contribution is 5.82. The largest absolute Gasteiger partial charge is 0.497 e. The smallest absolute Gasteiger partial charge is 0.322 e. The third kappa shape index (κ3) is 5.44. The van der Waals surface area contributed by atoms with Crippen LogP contribution in [0.2, 0.25) is 0 Å². The number of rotatable bonds is 6. The summed E-state index contributed by atoms with van der Waals surface area (Å²) in [6.07, 6.45) is 4.97. The molecule has 1 amide bonds. The van der Waals surface area contributed by atoms with Gasteiger partial charge in [-0.05, 0) is 75.3 Å². The van der Waals surface area contributed by atoms with Crippen molar-refractivity contribution in [1.29, 1.82) is 0 Å². The van der Waals surface area contributed by atoms with Gasteiger partial charge in [0, 0.05) is 37.8 Å². The summed E-state index contributed by atoms with van der Waals surface area (Å²) in [6, 6.07) is 6.15. The molecule has 0 radical (unpaired) electrons. The number of carboxylic acid groups (broad SMARTS) is 1. The van der Waals surface area contributed by atoms with Crippen molar-refractivity contribution in [2.24, 2.45) is 5.92 Å². The zero-order valence-electron chi connectivity index (χ0n) is 20.7. The summed E-state index contributed by atoms with van der Waals surface area (Å²) in [5.74, 6) is 0.526. The van der Waals surface area contributed by atoms with Crippen LogP contribution in [0.3, 0.4) is 0 Å². The van der Waals surface area contributed by atoms with Crippen molar-refractivity contribution in [3.8, 4) is 5.75 Å². The Bertz CT molecular complexity index is 916. The van der Waals surface area contributed by atoms with Crippen LogP contribution in [0.25, 0.3) is 0 Å². The van der Waals surface area contributed by atoms with E-state index in [0.29, 0.717) is 19.3 Å². The third-order valence-electron chi connectivity index (χ3n) is 7.82. The van der Waals surface area contributed by atoms with Crippen LogP contribution in [0.1, 0.15) is 63.5 Å². The van der Waals surface area contributed by atoms with Gasteiger partial charge < -0.3 is 20.3 Å². The van der Waals surface area contributed by atoms with Crippen molar-refractivity contribution in [3.05, 3.63) is 29.3 Å². The fourth-order valence-electron chi connectivity index (χ4n) is 5.68. The first-order valence-corrected chi connectivity index (χ1v) is 12.1. The number of Topliss-reactive ketones (excluding diaryl/α,β-unsaturated/α-hetero) is 1. The number of hydrogen-bond donors (Lipinski definition) is 3. The summed E-state index contributed by atoms with van der Waals surface area (Å²) >= 11 is 0. The van der Waals surface area contributed by atoms with Gasteiger partial charge in [0.25, 0.3) is 0 Å². The van der Waals surface area contributed by atoms with Crippen LogP contribution in [0.4, 0.5) is 0 Å². The molecule has 34 heavy (non-hydrogen) atoms. The van der Waals surface area contributed by atoms with Crippen molar-refractivity contribution in [2.75, 3.05) is 26.7 Å². The quantitative estimate of drug-likeness (QED) is 0.580. The molecule has 1 aromatic carbocycles. The number of nitrogens with one attached hydrogen (secondary N) is 1. The van der Waals surface area contributed by atoms with E-state index in [1.165, 1.54) is 19.8 Å². The van der Waals surface area contributed by atoms with Gasteiger partial charge in [-0.25, -0.2) is 0 Å². The second-order valence-electron chi connectivity index (χ2n) is 10.1. The fourth-order valence-corrected chi connectivity index (χ4v) is 5.68. The summed E-state index contributed by atoms with van der Waals surface area (Å²) < 4.78 is 5.47. The number of carboxylic acids is 1. The lowest BCUT2D eigenvalue weighted by atomic mass is 9.53. The van der Waals surface area contributed by atoms with Crippen LogP contribution < -0.4 is 10.1 Å². The first-order chi connectivity index (χ1) is 16.0. The van der Waals surface area contributed by atoms with Gasteiger partial charge in [0.1, 0.15) is 18.1 Å². The maximum atomic E-state index is 12.5. The molecule has 8 nitrogen and oxygen atoms in total. The van der Waals surface area contributed by atoms with E-state index in [1.54, 1.807) is 7.11 Å². The lowest BCUT2D eigenvalue weighted by molar-refractivity contribution is -0.164. The molecule has 1 aromatic rings. The minimum atomic E-state index is -1.03. The number of aliphatic carboxylic acids is 1. The third-order valence-corrected chi connectivity index (χ3v) is 7.82. The van der Waals surface area contributed by atoms with Crippen LogP contribution in [-0.2, 0) is 19.8 Å². The Morgan fingerprint density at radius 1 is 1.26 bits per heavy atom. The van der Waals surface area contributed by atoms with Crippen LogP contribution in [0.5, 0.6) is 5.75 Å². The lowest BCUT2D eigenvalue weighted by Crippen LogP contribution is -2.70. The number of ketones is 1. The summed E-state index contributed by atoms with van der Waals surface area (Å²) in [4.78, 5) is 34.7. The molecule has 2 saturated carbocycles. The predicted molar refractivity (Wildman–Crippen MR) is 128 cm³/mol. The average Bonchev–Trinajstić information content (AvgIpc) is 3.61. The molecule has 0 bridgehead atoms. The number of piperidine rings is 1. The molecule has 0 aromatic heterocycles. The van der Waals surface area contributed by atoms with Crippen LogP contribution in [0, 0.1) is 12.8 Å². The lowest BCUT2D eigenvalue weighted by Gasteiger charge is -2.60. The van der Waals surface area contributed by atoms with Crippen molar-refractivity contribution >= 4 is 17.7 Å². The number of aryl methyl sites for hydroxylation is 1. The molecule has 3 aliphatic rings. The highest BCUT2D eigenvalue weighted by atomic mass is 16.5. The fraction of sp³-hybridized carbons (Fsp3) is 0.654. The van der Waals surface area contributed by atoms with Gasteiger partial charge >= 0.3 is 5.97 Å². The average molecular weight is 475 g/mol. The number of ether oxygens (including phenoxy) is 1. The summed E-state index contributed by atoms with van der Waals surface area (Å²) in [7, 11) is 1.67. The number of hydrogen-bond acceptors (Lipinski definition) is 6. The topological polar surface area (TPSA) is 116 Å². The Balaban J connectivity index is 0.000000350. The Labute approximate surface area is 201 Å². The van der Waals surface area contributed by atoms with Crippen LogP contribution in [-0.4, -0.2) is 71.2 Å². The molecule has 3 unspecified atom stereocenters. The monoisotopic (exact) mass is 474 g/mol. The Morgan fingerprint density at radius 2 is 1.97 bits per heavy atom. The van der Waals surface area contributed by atoms with Gasteiger partial charge in [0.05, 0.1) is 12.7 Å². The number of carbonyl (C=O) groups is 3. The number of amides is 1. The zero-order chi connectivity index (χ0) is 25.1. The van der Waals surface area contributed by atoms with E-state index in [1.807, 2.05) is 6.07 Å². The van der Waals surface area contributed by atoms with Crippen molar-refractivity contribution < 1.29 is 29.3 Å². The highest BCUT2D eigenvalue weighted by Crippen LogP contribution is 2.54. The molecule has 2 aliphatic carbocycles. The van der Waals surface area contributed by atoms with E-state index >= 15 is 0 Å². The van der Waals surface area contributed by atoms with E-state index in [4.69, 9.17) is 9.84 Å². The highest BCUT2D eigenvalue weighted by Gasteiger charge is 2.61. The Hall–Kier alpha value is -2.45. The molecule has 1 saturated heterocycles. The molecule has 3 atom stereocenters. The molecular formula is C26H38N2O6. The summed E-state index contributed by atoms with van der Waals surface area (Å²) in [5, 5.41) is 22.1. The number of benzene rings is 1. The van der Waals surface area contributed by atoms with Gasteiger partial charge in [-0.2, -0.15) is 0 Å². The number of carbonyl (C=O) groups excluding carboxylic acids is 2.